The van der Waals surface area contributed by atoms with Crippen molar-refractivity contribution in [2.24, 2.45) is 0 Å². The second-order valence-electron chi connectivity index (χ2n) is 5.21. The van der Waals surface area contributed by atoms with Gasteiger partial charge < -0.3 is 5.32 Å². The van der Waals surface area contributed by atoms with Crippen LogP contribution >= 0.6 is 0 Å². The van der Waals surface area contributed by atoms with Gasteiger partial charge in [-0.2, -0.15) is 13.2 Å². The van der Waals surface area contributed by atoms with Crippen LogP contribution < -0.4 is 5.32 Å². The minimum atomic E-state index is -4.55. The molecule has 3 heterocycles. The lowest BCUT2D eigenvalue weighted by Crippen LogP contribution is -2.24. The van der Waals surface area contributed by atoms with Crippen molar-refractivity contribution in [3.8, 4) is 11.3 Å². The zero-order chi connectivity index (χ0) is 18.6. The summed E-state index contributed by atoms with van der Waals surface area (Å²) < 4.78 is 37.5. The normalized spacial score (nSPS) is 11.2. The van der Waals surface area contributed by atoms with Crippen LogP contribution in [0.1, 0.15) is 21.7 Å². The minimum absolute atomic E-state index is 0.0184. The Morgan fingerprint density at radius 1 is 1.00 bits per heavy atom. The maximum absolute atomic E-state index is 12.5. The molecule has 0 atom stereocenters. The molecule has 0 unspecified atom stereocenters. The SMILES string of the molecule is O=C(NCc1nccnc1-c1cccnc1)c1ccc(C(F)(F)F)nc1. The van der Waals surface area contributed by atoms with Gasteiger partial charge in [-0.1, -0.05) is 0 Å². The number of carbonyl (C=O) groups excluding carboxylic acids is 1. The summed E-state index contributed by atoms with van der Waals surface area (Å²) in [5.41, 5.74) is 0.771. The van der Waals surface area contributed by atoms with Gasteiger partial charge in [0.2, 0.25) is 0 Å². The van der Waals surface area contributed by atoms with Crippen molar-refractivity contribution in [3.05, 3.63) is 72.2 Å². The Morgan fingerprint density at radius 2 is 1.81 bits per heavy atom. The van der Waals surface area contributed by atoms with Gasteiger partial charge in [0, 0.05) is 36.5 Å². The molecule has 3 rings (SSSR count). The van der Waals surface area contributed by atoms with Crippen LogP contribution in [0.15, 0.2) is 55.2 Å². The molecule has 0 spiro atoms. The van der Waals surface area contributed by atoms with Crippen molar-refractivity contribution in [1.82, 2.24) is 25.3 Å². The van der Waals surface area contributed by atoms with Crippen molar-refractivity contribution < 1.29 is 18.0 Å². The second-order valence-corrected chi connectivity index (χ2v) is 5.21. The van der Waals surface area contributed by atoms with Crippen LogP contribution in [0.4, 0.5) is 13.2 Å². The van der Waals surface area contributed by atoms with E-state index in [-0.39, 0.29) is 12.1 Å². The highest BCUT2D eigenvalue weighted by Gasteiger charge is 2.32. The van der Waals surface area contributed by atoms with Crippen LogP contribution in [0.25, 0.3) is 11.3 Å². The number of pyridine rings is 2. The number of halogens is 3. The number of amides is 1. The average Bonchev–Trinajstić information content (AvgIpc) is 2.66. The third kappa shape index (κ3) is 4.00. The fraction of sp³-hybridized carbons (Fsp3) is 0.118. The quantitative estimate of drug-likeness (QED) is 0.775. The smallest absolute Gasteiger partial charge is 0.346 e. The maximum Gasteiger partial charge on any atom is 0.433 e. The largest absolute Gasteiger partial charge is 0.433 e. The molecule has 1 amide bonds. The predicted molar refractivity (Wildman–Crippen MR) is 85.7 cm³/mol. The maximum atomic E-state index is 12.5. The molecule has 6 nitrogen and oxygen atoms in total. The third-order valence-electron chi connectivity index (χ3n) is 3.44. The standard InChI is InChI=1S/C17H12F3N5O/c18-17(19,20)14-4-3-12(9-24-14)16(26)25-10-13-15(23-7-6-22-13)11-2-1-5-21-8-11/h1-9H,10H2,(H,25,26). The molecular formula is C17H12F3N5O. The first-order valence-electron chi connectivity index (χ1n) is 7.47. The number of rotatable bonds is 4. The summed E-state index contributed by atoms with van der Waals surface area (Å²) in [5.74, 6) is -0.561. The Bertz CT molecular complexity index is 898. The summed E-state index contributed by atoms with van der Waals surface area (Å²) in [6, 6.07) is 5.39. The van der Waals surface area contributed by atoms with Crippen LogP contribution in [0.3, 0.4) is 0 Å². The molecule has 9 heteroatoms. The third-order valence-corrected chi connectivity index (χ3v) is 3.44. The Balaban J connectivity index is 1.73. The summed E-state index contributed by atoms with van der Waals surface area (Å²) in [5, 5.41) is 2.60. The van der Waals surface area contributed by atoms with Gasteiger partial charge in [0.1, 0.15) is 5.69 Å². The molecule has 0 bridgehead atoms. The highest BCUT2D eigenvalue weighted by Crippen LogP contribution is 2.27. The molecule has 132 valence electrons. The summed E-state index contributed by atoms with van der Waals surface area (Å²) in [6.07, 6.45) is 2.59. The number of aromatic nitrogens is 4. The highest BCUT2D eigenvalue weighted by molar-refractivity contribution is 5.93. The van der Waals surface area contributed by atoms with Gasteiger partial charge in [-0.15, -0.1) is 0 Å². The van der Waals surface area contributed by atoms with Crippen LogP contribution in [-0.2, 0) is 12.7 Å². The van der Waals surface area contributed by atoms with E-state index in [1.807, 2.05) is 6.07 Å². The summed E-state index contributed by atoms with van der Waals surface area (Å²) >= 11 is 0. The highest BCUT2D eigenvalue weighted by atomic mass is 19.4. The molecule has 0 aliphatic heterocycles. The summed E-state index contributed by atoms with van der Waals surface area (Å²) in [4.78, 5) is 27.9. The van der Waals surface area contributed by atoms with Crippen LogP contribution in [0.5, 0.6) is 0 Å². The number of carbonyl (C=O) groups is 1. The molecule has 1 N–H and O–H groups in total. The summed E-state index contributed by atoms with van der Waals surface area (Å²) in [6.45, 7) is 0.0535. The van der Waals surface area contributed by atoms with Gasteiger partial charge >= 0.3 is 6.18 Å². The van der Waals surface area contributed by atoms with E-state index in [0.717, 1.165) is 23.9 Å². The molecule has 0 saturated carbocycles. The lowest BCUT2D eigenvalue weighted by Gasteiger charge is -2.09. The van der Waals surface area contributed by atoms with Gasteiger partial charge in [0.25, 0.3) is 5.91 Å². The number of hydrogen-bond donors (Lipinski definition) is 1. The van der Waals surface area contributed by atoms with Gasteiger partial charge in [-0.05, 0) is 24.3 Å². The van der Waals surface area contributed by atoms with E-state index < -0.39 is 17.8 Å². The van der Waals surface area contributed by atoms with Crippen LogP contribution in [-0.4, -0.2) is 25.8 Å². The fourth-order valence-corrected chi connectivity index (χ4v) is 2.20. The molecule has 0 aliphatic carbocycles. The van der Waals surface area contributed by atoms with E-state index in [0.29, 0.717) is 11.4 Å². The zero-order valence-corrected chi connectivity index (χ0v) is 13.2. The Morgan fingerprint density at radius 3 is 2.46 bits per heavy atom. The molecule has 0 fully saturated rings. The molecule has 3 aromatic rings. The fourth-order valence-electron chi connectivity index (χ4n) is 2.20. The molecule has 0 aliphatic rings. The van der Waals surface area contributed by atoms with Crippen molar-refractivity contribution in [2.45, 2.75) is 12.7 Å². The molecule has 26 heavy (non-hydrogen) atoms. The summed E-state index contributed by atoms with van der Waals surface area (Å²) in [7, 11) is 0. The van der Waals surface area contributed by atoms with Crippen molar-refractivity contribution >= 4 is 5.91 Å². The Hall–Kier alpha value is -3.36. The molecule has 0 radical (unpaired) electrons. The first kappa shape index (κ1) is 17.5. The molecule has 0 aromatic carbocycles. The predicted octanol–water partition coefficient (Wildman–Crippen LogP) is 2.88. The van der Waals surface area contributed by atoms with Crippen molar-refractivity contribution in [1.29, 1.82) is 0 Å². The van der Waals surface area contributed by atoms with E-state index in [4.69, 9.17) is 0 Å². The second kappa shape index (κ2) is 7.26. The average molecular weight is 359 g/mol. The number of hydrogen-bond acceptors (Lipinski definition) is 5. The number of alkyl halides is 3. The topological polar surface area (TPSA) is 80.7 Å². The lowest BCUT2D eigenvalue weighted by molar-refractivity contribution is -0.141. The van der Waals surface area contributed by atoms with Crippen LogP contribution in [0.2, 0.25) is 0 Å². The van der Waals surface area contributed by atoms with E-state index in [9.17, 15) is 18.0 Å². The first-order chi connectivity index (χ1) is 12.4. The van der Waals surface area contributed by atoms with Gasteiger partial charge in [0.15, 0.2) is 0 Å². The Labute approximate surface area is 146 Å². The molecule has 3 aromatic heterocycles. The first-order valence-corrected chi connectivity index (χ1v) is 7.47. The van der Waals surface area contributed by atoms with Crippen molar-refractivity contribution in [3.63, 3.8) is 0 Å². The zero-order valence-electron chi connectivity index (χ0n) is 13.2. The van der Waals surface area contributed by atoms with E-state index in [2.05, 4.69) is 25.3 Å². The van der Waals surface area contributed by atoms with Gasteiger partial charge in [0.05, 0.1) is 23.5 Å². The van der Waals surface area contributed by atoms with Crippen LogP contribution in [0, 0.1) is 0 Å². The Kier molecular flexibility index (Phi) is 4.87. The minimum Gasteiger partial charge on any atom is -0.346 e. The molecular weight excluding hydrogens is 347 g/mol. The van der Waals surface area contributed by atoms with E-state index >= 15 is 0 Å². The number of nitrogens with one attached hydrogen (secondary N) is 1. The van der Waals surface area contributed by atoms with E-state index in [1.54, 1.807) is 18.5 Å². The molecule has 0 saturated heterocycles. The van der Waals surface area contributed by atoms with Crippen molar-refractivity contribution in [2.75, 3.05) is 0 Å². The monoisotopic (exact) mass is 359 g/mol. The van der Waals surface area contributed by atoms with Gasteiger partial charge in [-0.25, -0.2) is 0 Å². The number of nitrogens with zero attached hydrogens (tertiary/aromatic N) is 4. The van der Waals surface area contributed by atoms with Gasteiger partial charge in [-0.3, -0.25) is 24.7 Å². The van der Waals surface area contributed by atoms with E-state index in [1.165, 1.54) is 12.4 Å². The lowest BCUT2D eigenvalue weighted by atomic mass is 10.1.